The maximum Gasteiger partial charge on any atom is 0.309 e. The van der Waals surface area contributed by atoms with Crippen LogP contribution in [0.1, 0.15) is 46.5 Å². The van der Waals surface area contributed by atoms with Gasteiger partial charge in [0, 0.05) is 11.8 Å². The second-order valence-electron chi connectivity index (χ2n) is 7.05. The molecule has 7 unspecified atom stereocenters. The summed E-state index contributed by atoms with van der Waals surface area (Å²) < 4.78 is 11.2. The zero-order valence-corrected chi connectivity index (χ0v) is 13.2. The summed E-state index contributed by atoms with van der Waals surface area (Å²) in [6, 6.07) is 0. The molecule has 3 fully saturated rings. The molecule has 118 valence electrons. The molecule has 0 aromatic heterocycles. The van der Waals surface area contributed by atoms with Crippen molar-refractivity contribution in [1.82, 2.24) is 0 Å². The van der Waals surface area contributed by atoms with Crippen molar-refractivity contribution in [2.75, 3.05) is 6.61 Å². The van der Waals surface area contributed by atoms with Gasteiger partial charge in [0.2, 0.25) is 0 Å². The number of fused-ring (bicyclic) bond motifs is 5. The number of rotatable bonds is 5. The molecule has 0 aromatic rings. The molecule has 0 radical (unpaired) electrons. The Bertz CT molecular complexity index is 433. The fraction of sp³-hybridized carbons (Fsp3) is 0.882. The van der Waals surface area contributed by atoms with Crippen LogP contribution in [0, 0.1) is 35.5 Å². The van der Waals surface area contributed by atoms with E-state index >= 15 is 0 Å². The van der Waals surface area contributed by atoms with E-state index in [0.29, 0.717) is 24.4 Å². The molecule has 1 saturated heterocycles. The summed E-state index contributed by atoms with van der Waals surface area (Å²) in [7, 11) is 0. The minimum absolute atomic E-state index is 0.00667. The molecule has 0 amide bonds. The van der Waals surface area contributed by atoms with Gasteiger partial charge >= 0.3 is 11.9 Å². The van der Waals surface area contributed by atoms with Crippen LogP contribution < -0.4 is 0 Å². The zero-order valence-electron chi connectivity index (χ0n) is 13.2. The molecule has 0 N–H and O–H groups in total. The van der Waals surface area contributed by atoms with Crippen LogP contribution in [-0.2, 0) is 19.1 Å². The molecule has 4 nitrogen and oxygen atoms in total. The summed E-state index contributed by atoms with van der Waals surface area (Å²) in [5, 5.41) is 0. The molecule has 7 atom stereocenters. The SMILES string of the molecule is CCCC1C2CC(C3COC(=O)C32)C1OC(=O)C(C)CC. The summed E-state index contributed by atoms with van der Waals surface area (Å²) in [5.41, 5.74) is 0. The van der Waals surface area contributed by atoms with E-state index in [4.69, 9.17) is 9.47 Å². The first-order valence-electron chi connectivity index (χ1n) is 8.45. The standard InChI is InChI=1S/C17H26O4/c1-4-6-10-11-7-12(13-8-20-17(19)14(11)13)15(10)21-16(18)9(3)5-2/h9-15H,4-8H2,1-3H3. The van der Waals surface area contributed by atoms with Crippen molar-refractivity contribution in [1.29, 1.82) is 0 Å². The van der Waals surface area contributed by atoms with Gasteiger partial charge in [-0.1, -0.05) is 27.2 Å². The van der Waals surface area contributed by atoms with Crippen molar-refractivity contribution in [3.8, 4) is 0 Å². The van der Waals surface area contributed by atoms with Gasteiger partial charge in [-0.2, -0.15) is 0 Å². The van der Waals surface area contributed by atoms with E-state index in [1.165, 1.54) is 0 Å². The van der Waals surface area contributed by atoms with E-state index in [1.54, 1.807) is 0 Å². The van der Waals surface area contributed by atoms with E-state index in [0.717, 1.165) is 25.7 Å². The van der Waals surface area contributed by atoms with Gasteiger partial charge in [-0.25, -0.2) is 0 Å². The third-order valence-electron chi connectivity index (χ3n) is 5.99. The Morgan fingerprint density at radius 1 is 1.33 bits per heavy atom. The van der Waals surface area contributed by atoms with Gasteiger partial charge in [0.1, 0.15) is 6.10 Å². The van der Waals surface area contributed by atoms with Crippen molar-refractivity contribution < 1.29 is 19.1 Å². The lowest BCUT2D eigenvalue weighted by Gasteiger charge is -2.36. The maximum absolute atomic E-state index is 12.2. The number of esters is 2. The molecular weight excluding hydrogens is 268 g/mol. The summed E-state index contributed by atoms with van der Waals surface area (Å²) in [6.07, 6.45) is 3.96. The van der Waals surface area contributed by atoms with Crippen LogP contribution >= 0.6 is 0 Å². The Morgan fingerprint density at radius 3 is 2.76 bits per heavy atom. The van der Waals surface area contributed by atoms with Crippen molar-refractivity contribution in [2.24, 2.45) is 35.5 Å². The Balaban J connectivity index is 1.77. The number of hydrogen-bond acceptors (Lipinski definition) is 4. The van der Waals surface area contributed by atoms with Crippen LogP contribution in [0.2, 0.25) is 0 Å². The predicted molar refractivity (Wildman–Crippen MR) is 77.3 cm³/mol. The third-order valence-corrected chi connectivity index (χ3v) is 5.99. The number of carbonyl (C=O) groups excluding carboxylic acids is 2. The minimum atomic E-state index is -0.0713. The van der Waals surface area contributed by atoms with Gasteiger partial charge in [0.15, 0.2) is 0 Å². The summed E-state index contributed by atoms with van der Waals surface area (Å²) in [6.45, 7) is 6.62. The molecule has 0 spiro atoms. The van der Waals surface area contributed by atoms with Crippen LogP contribution in [-0.4, -0.2) is 24.6 Å². The Morgan fingerprint density at radius 2 is 2.10 bits per heavy atom. The topological polar surface area (TPSA) is 52.6 Å². The van der Waals surface area contributed by atoms with E-state index in [9.17, 15) is 9.59 Å². The third kappa shape index (κ3) is 2.27. The zero-order chi connectivity index (χ0) is 15.1. The highest BCUT2D eigenvalue weighted by molar-refractivity contribution is 5.76. The lowest BCUT2D eigenvalue weighted by molar-refractivity contribution is -0.161. The second-order valence-corrected chi connectivity index (χ2v) is 7.05. The van der Waals surface area contributed by atoms with Gasteiger partial charge in [-0.3, -0.25) is 9.59 Å². The summed E-state index contributed by atoms with van der Waals surface area (Å²) in [4.78, 5) is 24.1. The van der Waals surface area contributed by atoms with Gasteiger partial charge in [-0.15, -0.1) is 0 Å². The average molecular weight is 294 g/mol. The molecule has 2 aliphatic carbocycles. The first-order chi connectivity index (χ1) is 10.1. The van der Waals surface area contributed by atoms with Crippen LogP contribution in [0.25, 0.3) is 0 Å². The highest BCUT2D eigenvalue weighted by Crippen LogP contribution is 2.59. The van der Waals surface area contributed by atoms with Crippen LogP contribution in [0.15, 0.2) is 0 Å². The predicted octanol–water partition coefficient (Wildman–Crippen LogP) is 2.80. The number of cyclic esters (lactones) is 1. The van der Waals surface area contributed by atoms with Crippen molar-refractivity contribution in [3.63, 3.8) is 0 Å². The fourth-order valence-corrected chi connectivity index (χ4v) is 4.75. The minimum Gasteiger partial charge on any atom is -0.465 e. The molecule has 1 heterocycles. The quantitative estimate of drug-likeness (QED) is 0.732. The molecule has 2 bridgehead atoms. The first kappa shape index (κ1) is 14.9. The van der Waals surface area contributed by atoms with Gasteiger partial charge in [0.25, 0.3) is 0 Å². The van der Waals surface area contributed by atoms with Crippen molar-refractivity contribution in [2.45, 2.75) is 52.6 Å². The molecule has 0 aromatic carbocycles. The maximum atomic E-state index is 12.2. The molecule has 3 rings (SSSR count). The van der Waals surface area contributed by atoms with Gasteiger partial charge < -0.3 is 9.47 Å². The molecule has 3 aliphatic rings. The molecular formula is C17H26O4. The summed E-state index contributed by atoms with van der Waals surface area (Å²) in [5.74, 6) is 1.28. The largest absolute Gasteiger partial charge is 0.465 e. The second kappa shape index (κ2) is 5.62. The molecule has 2 saturated carbocycles. The van der Waals surface area contributed by atoms with Crippen LogP contribution in [0.4, 0.5) is 0 Å². The lowest BCUT2D eigenvalue weighted by Crippen LogP contribution is -2.42. The number of ether oxygens (including phenoxy) is 2. The Kier molecular flexibility index (Phi) is 3.98. The smallest absolute Gasteiger partial charge is 0.309 e. The lowest BCUT2D eigenvalue weighted by atomic mass is 9.72. The monoisotopic (exact) mass is 294 g/mol. The van der Waals surface area contributed by atoms with E-state index < -0.39 is 0 Å². The van der Waals surface area contributed by atoms with E-state index in [-0.39, 0.29) is 35.8 Å². The number of carbonyl (C=O) groups is 2. The van der Waals surface area contributed by atoms with Crippen LogP contribution in [0.5, 0.6) is 0 Å². The summed E-state index contributed by atoms with van der Waals surface area (Å²) >= 11 is 0. The highest BCUT2D eigenvalue weighted by Gasteiger charge is 2.64. The molecule has 1 aliphatic heterocycles. The first-order valence-corrected chi connectivity index (χ1v) is 8.45. The van der Waals surface area contributed by atoms with Crippen molar-refractivity contribution >= 4 is 11.9 Å². The number of hydrogen-bond donors (Lipinski definition) is 0. The van der Waals surface area contributed by atoms with Crippen LogP contribution in [0.3, 0.4) is 0 Å². The fourth-order valence-electron chi connectivity index (χ4n) is 4.75. The van der Waals surface area contributed by atoms with Gasteiger partial charge in [0.05, 0.1) is 18.4 Å². The van der Waals surface area contributed by atoms with E-state index in [1.807, 2.05) is 13.8 Å². The highest BCUT2D eigenvalue weighted by atomic mass is 16.6. The van der Waals surface area contributed by atoms with Gasteiger partial charge in [-0.05, 0) is 31.1 Å². The molecule has 21 heavy (non-hydrogen) atoms. The van der Waals surface area contributed by atoms with Crippen molar-refractivity contribution in [3.05, 3.63) is 0 Å². The normalized spacial score (nSPS) is 41.8. The Hall–Kier alpha value is -1.06. The molecule has 4 heteroatoms. The van der Waals surface area contributed by atoms with E-state index in [2.05, 4.69) is 6.92 Å². The Labute approximate surface area is 126 Å². The average Bonchev–Trinajstić information content (AvgIpc) is 3.12.